The molecular formula is C11H14N4. The summed E-state index contributed by atoms with van der Waals surface area (Å²) in [5, 5.41) is 4.23. The second-order valence-corrected chi connectivity index (χ2v) is 3.55. The van der Waals surface area contributed by atoms with Gasteiger partial charge in [0.15, 0.2) is 0 Å². The summed E-state index contributed by atoms with van der Waals surface area (Å²) in [5.74, 6) is 0. The minimum atomic E-state index is 0.444. The van der Waals surface area contributed by atoms with Crippen LogP contribution < -0.4 is 11.5 Å². The molecule has 0 saturated heterocycles. The van der Waals surface area contributed by atoms with Crippen molar-refractivity contribution in [2.45, 2.75) is 13.5 Å². The van der Waals surface area contributed by atoms with Crippen molar-refractivity contribution < 1.29 is 0 Å². The van der Waals surface area contributed by atoms with Crippen molar-refractivity contribution in [3.63, 3.8) is 0 Å². The van der Waals surface area contributed by atoms with Gasteiger partial charge < -0.3 is 11.5 Å². The number of aromatic nitrogens is 2. The Kier molecular flexibility index (Phi) is 2.43. The molecule has 0 aliphatic carbocycles. The number of aryl methyl sites for hydroxylation is 1. The maximum absolute atomic E-state index is 5.77. The van der Waals surface area contributed by atoms with Gasteiger partial charge in [0, 0.05) is 18.4 Å². The minimum Gasteiger partial charge on any atom is -0.398 e. The van der Waals surface area contributed by atoms with Crippen LogP contribution in [0.2, 0.25) is 0 Å². The van der Waals surface area contributed by atoms with E-state index in [0.29, 0.717) is 6.54 Å². The lowest BCUT2D eigenvalue weighted by molar-refractivity contribution is 0.876. The smallest absolute Gasteiger partial charge is 0.0650 e. The van der Waals surface area contributed by atoms with Crippen LogP contribution >= 0.6 is 0 Å². The van der Waals surface area contributed by atoms with Gasteiger partial charge in [-0.05, 0) is 36.2 Å². The molecule has 0 atom stereocenters. The first-order chi connectivity index (χ1) is 7.20. The summed E-state index contributed by atoms with van der Waals surface area (Å²) in [6, 6.07) is 5.75. The van der Waals surface area contributed by atoms with Gasteiger partial charge in [-0.2, -0.15) is 5.10 Å². The Hall–Kier alpha value is -1.81. The van der Waals surface area contributed by atoms with Crippen LogP contribution in [0.3, 0.4) is 0 Å². The lowest BCUT2D eigenvalue weighted by Gasteiger charge is -2.06. The van der Waals surface area contributed by atoms with E-state index in [1.165, 1.54) is 0 Å². The molecule has 1 heterocycles. The van der Waals surface area contributed by atoms with E-state index in [2.05, 4.69) is 5.10 Å². The summed E-state index contributed by atoms with van der Waals surface area (Å²) in [6.45, 7) is 2.45. The predicted octanol–water partition coefficient (Wildman–Crippen LogP) is 1.22. The number of hydrogen-bond acceptors (Lipinski definition) is 3. The van der Waals surface area contributed by atoms with Crippen molar-refractivity contribution in [1.82, 2.24) is 9.78 Å². The maximum atomic E-state index is 5.77. The Morgan fingerprint density at radius 1 is 1.40 bits per heavy atom. The van der Waals surface area contributed by atoms with E-state index in [1.54, 1.807) is 0 Å². The Bertz CT molecular complexity index is 473. The van der Waals surface area contributed by atoms with Gasteiger partial charge in [-0.25, -0.2) is 4.68 Å². The summed E-state index contributed by atoms with van der Waals surface area (Å²) in [7, 11) is 0. The fourth-order valence-electron chi connectivity index (χ4n) is 1.47. The lowest BCUT2D eigenvalue weighted by Crippen LogP contribution is -2.03. The standard InChI is InChI=1S/C11H14N4/c1-8-6-14-15(7-8)10-2-3-11(13)9(4-10)5-12/h2-4,6-7H,5,12-13H2,1H3. The van der Waals surface area contributed by atoms with Gasteiger partial charge in [0.1, 0.15) is 0 Å². The molecular weight excluding hydrogens is 188 g/mol. The number of benzene rings is 1. The first kappa shape index (κ1) is 9.73. The second-order valence-electron chi connectivity index (χ2n) is 3.55. The van der Waals surface area contributed by atoms with E-state index in [9.17, 15) is 0 Å². The molecule has 2 aromatic rings. The van der Waals surface area contributed by atoms with Crippen molar-refractivity contribution >= 4 is 5.69 Å². The molecule has 0 unspecified atom stereocenters. The van der Waals surface area contributed by atoms with Crippen LogP contribution in [0.15, 0.2) is 30.6 Å². The number of rotatable bonds is 2. The predicted molar refractivity (Wildman–Crippen MR) is 60.6 cm³/mol. The largest absolute Gasteiger partial charge is 0.398 e. The quantitative estimate of drug-likeness (QED) is 0.719. The van der Waals surface area contributed by atoms with Gasteiger partial charge >= 0.3 is 0 Å². The number of nitrogen functional groups attached to an aromatic ring is 1. The number of hydrogen-bond donors (Lipinski definition) is 2. The maximum Gasteiger partial charge on any atom is 0.0650 e. The van der Waals surface area contributed by atoms with Crippen molar-refractivity contribution in [3.8, 4) is 5.69 Å². The molecule has 0 saturated carbocycles. The first-order valence-electron chi connectivity index (χ1n) is 4.81. The van der Waals surface area contributed by atoms with E-state index in [1.807, 2.05) is 42.2 Å². The Morgan fingerprint density at radius 3 is 2.80 bits per heavy atom. The van der Waals surface area contributed by atoms with Crippen LogP contribution in [0.5, 0.6) is 0 Å². The molecule has 4 heteroatoms. The Balaban J connectivity index is 2.45. The van der Waals surface area contributed by atoms with Gasteiger partial charge in [0.05, 0.1) is 11.9 Å². The number of nitrogens with two attached hydrogens (primary N) is 2. The van der Waals surface area contributed by atoms with Crippen molar-refractivity contribution in [1.29, 1.82) is 0 Å². The van der Waals surface area contributed by atoms with Gasteiger partial charge in [0.25, 0.3) is 0 Å². The fraction of sp³-hybridized carbons (Fsp3) is 0.182. The molecule has 4 nitrogen and oxygen atoms in total. The topological polar surface area (TPSA) is 69.9 Å². The molecule has 0 fully saturated rings. The minimum absolute atomic E-state index is 0.444. The highest BCUT2D eigenvalue weighted by Gasteiger charge is 2.02. The molecule has 1 aromatic carbocycles. The van der Waals surface area contributed by atoms with Crippen LogP contribution in [0.4, 0.5) is 5.69 Å². The zero-order valence-corrected chi connectivity index (χ0v) is 8.64. The van der Waals surface area contributed by atoms with E-state index in [4.69, 9.17) is 11.5 Å². The molecule has 0 aliphatic rings. The van der Waals surface area contributed by atoms with Gasteiger partial charge in [-0.1, -0.05) is 0 Å². The summed E-state index contributed by atoms with van der Waals surface area (Å²) in [4.78, 5) is 0. The molecule has 2 rings (SSSR count). The molecule has 4 N–H and O–H groups in total. The average Bonchev–Trinajstić information content (AvgIpc) is 2.66. The van der Waals surface area contributed by atoms with Gasteiger partial charge in [-0.15, -0.1) is 0 Å². The third kappa shape index (κ3) is 1.85. The molecule has 0 aliphatic heterocycles. The zero-order chi connectivity index (χ0) is 10.8. The highest BCUT2D eigenvalue weighted by Crippen LogP contribution is 2.16. The normalized spacial score (nSPS) is 10.5. The molecule has 0 spiro atoms. The van der Waals surface area contributed by atoms with Crippen LogP contribution in [0.25, 0.3) is 5.69 Å². The fourth-order valence-corrected chi connectivity index (χ4v) is 1.47. The Labute approximate surface area is 88.5 Å². The molecule has 1 aromatic heterocycles. The molecule has 0 bridgehead atoms. The highest BCUT2D eigenvalue weighted by atomic mass is 15.3. The van der Waals surface area contributed by atoms with Crippen LogP contribution in [-0.2, 0) is 6.54 Å². The SMILES string of the molecule is Cc1cnn(-c2ccc(N)c(CN)c2)c1. The van der Waals surface area contributed by atoms with Crippen LogP contribution in [0, 0.1) is 6.92 Å². The molecule has 0 radical (unpaired) electrons. The van der Waals surface area contributed by atoms with E-state index in [0.717, 1.165) is 22.5 Å². The third-order valence-corrected chi connectivity index (χ3v) is 2.32. The van der Waals surface area contributed by atoms with Gasteiger partial charge in [0.2, 0.25) is 0 Å². The van der Waals surface area contributed by atoms with Gasteiger partial charge in [-0.3, -0.25) is 0 Å². The Morgan fingerprint density at radius 2 is 2.20 bits per heavy atom. The molecule has 0 amide bonds. The summed E-state index contributed by atoms with van der Waals surface area (Å²) in [5.41, 5.74) is 15.1. The zero-order valence-electron chi connectivity index (χ0n) is 8.64. The highest BCUT2D eigenvalue weighted by molar-refractivity contribution is 5.52. The third-order valence-electron chi connectivity index (χ3n) is 2.32. The lowest BCUT2D eigenvalue weighted by atomic mass is 10.1. The summed E-state index contributed by atoms with van der Waals surface area (Å²) < 4.78 is 1.81. The average molecular weight is 202 g/mol. The second kappa shape index (κ2) is 3.74. The first-order valence-corrected chi connectivity index (χ1v) is 4.81. The number of nitrogens with zero attached hydrogens (tertiary/aromatic N) is 2. The van der Waals surface area contributed by atoms with Crippen molar-refractivity contribution in [2.24, 2.45) is 5.73 Å². The molecule has 15 heavy (non-hydrogen) atoms. The number of anilines is 1. The van der Waals surface area contributed by atoms with E-state index < -0.39 is 0 Å². The van der Waals surface area contributed by atoms with Crippen LogP contribution in [0.1, 0.15) is 11.1 Å². The monoisotopic (exact) mass is 202 g/mol. The van der Waals surface area contributed by atoms with E-state index in [-0.39, 0.29) is 0 Å². The van der Waals surface area contributed by atoms with Crippen molar-refractivity contribution in [3.05, 3.63) is 41.7 Å². The summed E-state index contributed by atoms with van der Waals surface area (Å²) in [6.07, 6.45) is 3.78. The van der Waals surface area contributed by atoms with E-state index >= 15 is 0 Å². The summed E-state index contributed by atoms with van der Waals surface area (Å²) >= 11 is 0. The van der Waals surface area contributed by atoms with Crippen LogP contribution in [-0.4, -0.2) is 9.78 Å². The molecule has 78 valence electrons. The van der Waals surface area contributed by atoms with Crippen molar-refractivity contribution in [2.75, 3.05) is 5.73 Å².